The van der Waals surface area contributed by atoms with Crippen molar-refractivity contribution in [2.75, 3.05) is 19.3 Å². The van der Waals surface area contributed by atoms with Gasteiger partial charge in [-0.05, 0) is 31.5 Å². The molecule has 20 heavy (non-hydrogen) atoms. The van der Waals surface area contributed by atoms with Crippen LogP contribution >= 0.6 is 0 Å². The van der Waals surface area contributed by atoms with E-state index in [9.17, 15) is 18.3 Å². The molecule has 0 aliphatic rings. The molecule has 0 aliphatic carbocycles. The van der Waals surface area contributed by atoms with Crippen LogP contribution in [-0.4, -0.2) is 48.6 Å². The monoisotopic (exact) mass is 302 g/mol. The minimum absolute atomic E-state index is 0.0758. The molecule has 1 aromatic rings. The number of carboxylic acid groups (broad SMARTS) is 1. The Morgan fingerprint density at radius 2 is 2.05 bits per heavy atom. The quantitative estimate of drug-likeness (QED) is 0.652. The third-order valence-electron chi connectivity index (χ3n) is 2.81. The van der Waals surface area contributed by atoms with Gasteiger partial charge in [-0.1, -0.05) is 0 Å². The van der Waals surface area contributed by atoms with E-state index < -0.39 is 22.1 Å². The van der Waals surface area contributed by atoms with Gasteiger partial charge in [0.25, 0.3) is 0 Å². The molecule has 0 aliphatic heterocycles. The predicted molar refractivity (Wildman–Crippen MR) is 73.9 cm³/mol. The fourth-order valence-electron chi connectivity index (χ4n) is 1.57. The largest absolute Gasteiger partial charge is 0.478 e. The van der Waals surface area contributed by atoms with Crippen LogP contribution in [0.4, 0.5) is 5.69 Å². The molecule has 8 heteroatoms. The maximum Gasteiger partial charge on any atom is 0.335 e. The molecule has 1 rings (SSSR count). The van der Waals surface area contributed by atoms with Gasteiger partial charge >= 0.3 is 5.97 Å². The number of nitrogens with zero attached hydrogens (tertiary/aromatic N) is 1. The second-order valence-electron chi connectivity index (χ2n) is 4.52. The number of nitrogens with two attached hydrogens (primary N) is 1. The number of sulfonamides is 1. The van der Waals surface area contributed by atoms with E-state index in [0.29, 0.717) is 6.42 Å². The lowest BCUT2D eigenvalue weighted by Gasteiger charge is -2.19. The van der Waals surface area contributed by atoms with Crippen molar-refractivity contribution < 1.29 is 23.4 Å². The van der Waals surface area contributed by atoms with Gasteiger partial charge in [-0.2, -0.15) is 0 Å². The van der Waals surface area contributed by atoms with E-state index in [2.05, 4.69) is 0 Å². The number of nitrogen functional groups attached to an aromatic ring is 1. The number of aliphatic hydroxyl groups excluding tert-OH is 1. The predicted octanol–water partition coefficient (Wildman–Crippen LogP) is 0.358. The van der Waals surface area contributed by atoms with E-state index in [4.69, 9.17) is 10.8 Å². The fourth-order valence-corrected chi connectivity index (χ4v) is 2.85. The molecule has 0 radical (unpaired) electrons. The number of hydrogen-bond donors (Lipinski definition) is 3. The molecule has 0 amide bonds. The Kier molecular flexibility index (Phi) is 5.09. The first-order valence-corrected chi connectivity index (χ1v) is 7.37. The van der Waals surface area contributed by atoms with E-state index >= 15 is 0 Å². The van der Waals surface area contributed by atoms with Gasteiger partial charge in [0, 0.05) is 13.6 Å². The van der Waals surface area contributed by atoms with Crippen molar-refractivity contribution in [2.24, 2.45) is 0 Å². The normalized spacial score (nSPS) is 13.4. The molecule has 0 heterocycles. The third-order valence-corrected chi connectivity index (χ3v) is 4.74. The number of benzene rings is 1. The smallest absolute Gasteiger partial charge is 0.335 e. The zero-order valence-corrected chi connectivity index (χ0v) is 12.1. The van der Waals surface area contributed by atoms with E-state index in [-0.39, 0.29) is 22.7 Å². The molecule has 0 saturated heterocycles. The summed E-state index contributed by atoms with van der Waals surface area (Å²) in [6, 6.07) is 3.47. The molecule has 7 nitrogen and oxygen atoms in total. The van der Waals surface area contributed by atoms with Crippen LogP contribution in [0.3, 0.4) is 0 Å². The highest BCUT2D eigenvalue weighted by atomic mass is 32.2. The van der Waals surface area contributed by atoms with Crippen LogP contribution in [0.25, 0.3) is 0 Å². The van der Waals surface area contributed by atoms with Gasteiger partial charge in [0.1, 0.15) is 4.90 Å². The standard InChI is InChI=1S/C12H18N2O5S/c1-8(15)5-6-14(2)20(18,19)11-4-3-9(12(16)17)7-10(11)13/h3-4,7-8,15H,5-6,13H2,1-2H3,(H,16,17). The summed E-state index contributed by atoms with van der Waals surface area (Å²) in [5.41, 5.74) is 5.43. The van der Waals surface area contributed by atoms with Gasteiger partial charge < -0.3 is 15.9 Å². The summed E-state index contributed by atoms with van der Waals surface area (Å²) in [7, 11) is -2.43. The molecule has 112 valence electrons. The van der Waals surface area contributed by atoms with E-state index in [1.165, 1.54) is 19.2 Å². The van der Waals surface area contributed by atoms with Crippen LogP contribution in [0.1, 0.15) is 23.7 Å². The van der Waals surface area contributed by atoms with Crippen molar-refractivity contribution in [3.05, 3.63) is 23.8 Å². The van der Waals surface area contributed by atoms with Gasteiger partial charge in [-0.3, -0.25) is 0 Å². The molecule has 0 fully saturated rings. The molecule has 0 saturated carbocycles. The summed E-state index contributed by atoms with van der Waals surface area (Å²) in [5.74, 6) is -1.18. The highest BCUT2D eigenvalue weighted by Gasteiger charge is 2.24. The van der Waals surface area contributed by atoms with E-state index in [1.807, 2.05) is 0 Å². The van der Waals surface area contributed by atoms with Crippen molar-refractivity contribution in [1.29, 1.82) is 0 Å². The number of carboxylic acids is 1. The number of aromatic carboxylic acids is 1. The average Bonchev–Trinajstić information content (AvgIpc) is 2.35. The van der Waals surface area contributed by atoms with Gasteiger partial charge in [-0.15, -0.1) is 0 Å². The molecular weight excluding hydrogens is 284 g/mol. The Bertz CT molecular complexity index is 598. The summed E-state index contributed by atoms with van der Waals surface area (Å²) >= 11 is 0. The maximum atomic E-state index is 12.3. The lowest BCUT2D eigenvalue weighted by Crippen LogP contribution is -2.30. The number of carbonyl (C=O) groups is 1. The zero-order chi connectivity index (χ0) is 15.5. The first-order valence-electron chi connectivity index (χ1n) is 5.93. The number of aliphatic hydroxyl groups is 1. The molecular formula is C12H18N2O5S. The van der Waals surface area contributed by atoms with Crippen LogP contribution in [0.5, 0.6) is 0 Å². The highest BCUT2D eigenvalue weighted by Crippen LogP contribution is 2.23. The molecule has 0 bridgehead atoms. The van der Waals surface area contributed by atoms with Gasteiger partial charge in [0.15, 0.2) is 0 Å². The van der Waals surface area contributed by atoms with Crippen molar-refractivity contribution >= 4 is 21.7 Å². The topological polar surface area (TPSA) is 121 Å². The van der Waals surface area contributed by atoms with Gasteiger partial charge in [-0.25, -0.2) is 17.5 Å². The molecule has 1 atom stereocenters. The van der Waals surface area contributed by atoms with E-state index in [1.54, 1.807) is 6.92 Å². The first-order chi connectivity index (χ1) is 9.16. The molecule has 4 N–H and O–H groups in total. The summed E-state index contributed by atoms with van der Waals surface area (Å²) in [6.07, 6.45) is -0.317. The summed E-state index contributed by atoms with van der Waals surface area (Å²) in [5, 5.41) is 18.0. The van der Waals surface area contributed by atoms with Crippen molar-refractivity contribution in [1.82, 2.24) is 4.31 Å². The average molecular weight is 302 g/mol. The van der Waals surface area contributed by atoms with Crippen LogP contribution in [0.15, 0.2) is 23.1 Å². The summed E-state index contributed by atoms with van der Waals surface area (Å²) in [4.78, 5) is 10.6. The molecule has 0 aromatic heterocycles. The van der Waals surface area contributed by atoms with Gasteiger partial charge in [0.2, 0.25) is 10.0 Å². The Morgan fingerprint density at radius 1 is 1.45 bits per heavy atom. The van der Waals surface area contributed by atoms with Gasteiger partial charge in [0.05, 0.1) is 17.4 Å². The fraction of sp³-hybridized carbons (Fsp3) is 0.417. The van der Waals surface area contributed by atoms with Crippen LogP contribution in [0, 0.1) is 0 Å². The zero-order valence-electron chi connectivity index (χ0n) is 11.3. The molecule has 1 unspecified atom stereocenters. The summed E-state index contributed by atoms with van der Waals surface area (Å²) < 4.78 is 25.6. The Hall–Kier alpha value is -1.64. The van der Waals surface area contributed by atoms with E-state index in [0.717, 1.165) is 10.4 Å². The molecule has 1 aromatic carbocycles. The number of anilines is 1. The first kappa shape index (κ1) is 16.4. The van der Waals surface area contributed by atoms with Crippen LogP contribution in [0.2, 0.25) is 0 Å². The third kappa shape index (κ3) is 3.69. The minimum atomic E-state index is -3.80. The van der Waals surface area contributed by atoms with Crippen LogP contribution < -0.4 is 5.73 Å². The lowest BCUT2D eigenvalue weighted by molar-refractivity contribution is 0.0696. The number of rotatable bonds is 6. The second-order valence-corrected chi connectivity index (χ2v) is 6.54. The Morgan fingerprint density at radius 3 is 2.50 bits per heavy atom. The maximum absolute atomic E-state index is 12.3. The van der Waals surface area contributed by atoms with Crippen LogP contribution in [-0.2, 0) is 10.0 Å². The number of hydrogen-bond acceptors (Lipinski definition) is 5. The van der Waals surface area contributed by atoms with Crippen molar-refractivity contribution in [3.8, 4) is 0 Å². The van der Waals surface area contributed by atoms with Crippen molar-refractivity contribution in [2.45, 2.75) is 24.3 Å². The minimum Gasteiger partial charge on any atom is -0.478 e. The second kappa shape index (κ2) is 6.21. The Balaban J connectivity index is 3.06. The highest BCUT2D eigenvalue weighted by molar-refractivity contribution is 7.89. The Labute approximate surface area is 117 Å². The van der Waals surface area contributed by atoms with Crippen molar-refractivity contribution in [3.63, 3.8) is 0 Å². The SMILES string of the molecule is CC(O)CCN(C)S(=O)(=O)c1ccc(C(=O)O)cc1N. The molecule has 0 spiro atoms. The lowest BCUT2D eigenvalue weighted by atomic mass is 10.2. The summed E-state index contributed by atoms with van der Waals surface area (Å²) in [6.45, 7) is 1.70.